The molecule has 2 N–H and O–H groups in total. The van der Waals surface area contributed by atoms with E-state index in [1.54, 1.807) is 11.7 Å². The molecule has 6 heteroatoms. The van der Waals surface area contributed by atoms with Gasteiger partial charge in [-0.05, 0) is 36.5 Å². The Morgan fingerprint density at radius 2 is 1.89 bits per heavy atom. The van der Waals surface area contributed by atoms with E-state index in [0.717, 1.165) is 16.8 Å². The Hall–Kier alpha value is -2.89. The molecule has 0 spiro atoms. The minimum Gasteiger partial charge on any atom is -0.355 e. The molecule has 0 radical (unpaired) electrons. The van der Waals surface area contributed by atoms with Crippen LogP contribution in [0.25, 0.3) is 11.0 Å². The quantitative estimate of drug-likeness (QED) is 0.690. The summed E-state index contributed by atoms with van der Waals surface area (Å²) in [7, 11) is 1.76. The van der Waals surface area contributed by atoms with E-state index in [4.69, 9.17) is 0 Å². The van der Waals surface area contributed by atoms with E-state index in [1.807, 2.05) is 32.0 Å². The molecule has 0 fully saturated rings. The van der Waals surface area contributed by atoms with Crippen LogP contribution in [0, 0.1) is 19.8 Å². The highest BCUT2D eigenvalue weighted by molar-refractivity contribution is 5.84. The third-order valence-electron chi connectivity index (χ3n) is 5.46. The molecule has 1 aromatic carbocycles. The number of carbonyl (C=O) groups is 1. The number of aromatic amines is 1. The van der Waals surface area contributed by atoms with Gasteiger partial charge in [0.25, 0.3) is 5.56 Å². The van der Waals surface area contributed by atoms with Crippen molar-refractivity contribution in [3.05, 3.63) is 63.1 Å². The van der Waals surface area contributed by atoms with Crippen molar-refractivity contribution >= 4 is 16.9 Å². The van der Waals surface area contributed by atoms with Gasteiger partial charge in [0, 0.05) is 25.2 Å². The maximum absolute atomic E-state index is 12.7. The highest BCUT2D eigenvalue weighted by Gasteiger charge is 2.19. The maximum Gasteiger partial charge on any atom is 0.273 e. The molecule has 3 aromatic rings. The first-order valence-corrected chi connectivity index (χ1v) is 9.66. The average molecular weight is 380 g/mol. The van der Waals surface area contributed by atoms with Crippen molar-refractivity contribution in [3.8, 4) is 0 Å². The first kappa shape index (κ1) is 19.9. The number of H-pyrrole nitrogens is 1. The number of nitrogens with zero attached hydrogens (tertiary/aromatic N) is 2. The van der Waals surface area contributed by atoms with Gasteiger partial charge in [-0.3, -0.25) is 19.4 Å². The second-order valence-corrected chi connectivity index (χ2v) is 7.74. The van der Waals surface area contributed by atoms with Crippen molar-refractivity contribution in [3.63, 3.8) is 0 Å². The van der Waals surface area contributed by atoms with E-state index >= 15 is 0 Å². The minimum atomic E-state index is -0.173. The van der Waals surface area contributed by atoms with Crippen molar-refractivity contribution in [1.29, 1.82) is 0 Å². The zero-order valence-electron chi connectivity index (χ0n) is 17.2. The summed E-state index contributed by atoms with van der Waals surface area (Å²) >= 11 is 0. The standard InChI is InChI=1S/C22H28N4O2/c1-13(2)18(16-9-7-6-8-10-16)12-23-19(27)11-17-14(3)20-21(24-15(17)4)26(5)25-22(20)28/h6-10,13,18H,11-12H2,1-5H3,(H,23,27)(H,25,28). The second kappa shape index (κ2) is 8.00. The summed E-state index contributed by atoms with van der Waals surface area (Å²) in [4.78, 5) is 29.4. The summed E-state index contributed by atoms with van der Waals surface area (Å²) in [6, 6.07) is 10.3. The number of pyridine rings is 1. The van der Waals surface area contributed by atoms with Gasteiger partial charge in [0.1, 0.15) is 0 Å². The number of aromatic nitrogens is 3. The lowest BCUT2D eigenvalue weighted by atomic mass is 9.88. The predicted octanol–water partition coefficient (Wildman–Crippen LogP) is 2.98. The minimum absolute atomic E-state index is 0.0544. The first-order valence-electron chi connectivity index (χ1n) is 9.66. The smallest absolute Gasteiger partial charge is 0.273 e. The molecule has 0 aliphatic heterocycles. The van der Waals surface area contributed by atoms with Gasteiger partial charge in [-0.2, -0.15) is 0 Å². The summed E-state index contributed by atoms with van der Waals surface area (Å²) < 4.78 is 1.62. The summed E-state index contributed by atoms with van der Waals surface area (Å²) in [6.45, 7) is 8.68. The molecule has 6 nitrogen and oxygen atoms in total. The molecule has 28 heavy (non-hydrogen) atoms. The second-order valence-electron chi connectivity index (χ2n) is 7.74. The van der Waals surface area contributed by atoms with Crippen LogP contribution in [0.5, 0.6) is 0 Å². The van der Waals surface area contributed by atoms with E-state index in [1.165, 1.54) is 5.56 Å². The fraction of sp³-hybridized carbons (Fsp3) is 0.409. The fourth-order valence-electron chi connectivity index (χ4n) is 3.79. The molecule has 0 aliphatic carbocycles. The number of amides is 1. The van der Waals surface area contributed by atoms with Crippen LogP contribution in [0.4, 0.5) is 0 Å². The first-order chi connectivity index (χ1) is 13.3. The highest BCUT2D eigenvalue weighted by Crippen LogP contribution is 2.24. The van der Waals surface area contributed by atoms with Crippen LogP contribution >= 0.6 is 0 Å². The topological polar surface area (TPSA) is 79.8 Å². The fourth-order valence-corrected chi connectivity index (χ4v) is 3.79. The number of hydrogen-bond acceptors (Lipinski definition) is 3. The van der Waals surface area contributed by atoms with Gasteiger partial charge in [0.05, 0.1) is 11.8 Å². The molecular formula is C22H28N4O2. The monoisotopic (exact) mass is 380 g/mol. The van der Waals surface area contributed by atoms with Crippen molar-refractivity contribution in [2.45, 2.75) is 40.0 Å². The van der Waals surface area contributed by atoms with Gasteiger partial charge < -0.3 is 5.32 Å². The summed E-state index contributed by atoms with van der Waals surface area (Å²) in [5.41, 5.74) is 4.09. The Morgan fingerprint density at radius 3 is 2.54 bits per heavy atom. The Kier molecular flexibility index (Phi) is 5.68. The van der Waals surface area contributed by atoms with Crippen molar-refractivity contribution in [2.24, 2.45) is 13.0 Å². The predicted molar refractivity (Wildman–Crippen MR) is 112 cm³/mol. The number of rotatable bonds is 6. The van der Waals surface area contributed by atoms with Crippen LogP contribution in [0.3, 0.4) is 0 Å². The molecule has 148 valence electrons. The van der Waals surface area contributed by atoms with E-state index < -0.39 is 0 Å². The molecule has 2 aromatic heterocycles. The summed E-state index contributed by atoms with van der Waals surface area (Å²) in [5, 5.41) is 6.36. The maximum atomic E-state index is 12.7. The molecule has 0 saturated carbocycles. The third-order valence-corrected chi connectivity index (χ3v) is 5.46. The number of fused-ring (bicyclic) bond motifs is 1. The zero-order valence-corrected chi connectivity index (χ0v) is 17.2. The van der Waals surface area contributed by atoms with Gasteiger partial charge in [0.15, 0.2) is 5.65 Å². The summed E-state index contributed by atoms with van der Waals surface area (Å²) in [6.07, 6.45) is 0.217. The van der Waals surface area contributed by atoms with Crippen LogP contribution in [-0.4, -0.2) is 27.2 Å². The average Bonchev–Trinajstić information content (AvgIpc) is 2.93. The zero-order chi connectivity index (χ0) is 20.4. The lowest BCUT2D eigenvalue weighted by Gasteiger charge is -2.22. The highest BCUT2D eigenvalue weighted by atomic mass is 16.1. The molecule has 0 bridgehead atoms. The normalized spacial score (nSPS) is 12.5. The van der Waals surface area contributed by atoms with Gasteiger partial charge in [0.2, 0.25) is 5.91 Å². The van der Waals surface area contributed by atoms with Gasteiger partial charge >= 0.3 is 0 Å². The number of hydrogen-bond donors (Lipinski definition) is 2. The molecule has 0 saturated heterocycles. The number of nitrogens with one attached hydrogen (secondary N) is 2. The van der Waals surface area contributed by atoms with Gasteiger partial charge in [-0.25, -0.2) is 4.98 Å². The molecular weight excluding hydrogens is 352 g/mol. The molecule has 1 unspecified atom stereocenters. The Labute approximate surface area is 165 Å². The van der Waals surface area contributed by atoms with E-state index in [9.17, 15) is 9.59 Å². The van der Waals surface area contributed by atoms with Crippen LogP contribution in [-0.2, 0) is 18.3 Å². The van der Waals surface area contributed by atoms with Crippen molar-refractivity contribution in [1.82, 2.24) is 20.1 Å². The summed E-state index contributed by atoms with van der Waals surface area (Å²) in [5.74, 6) is 0.610. The Morgan fingerprint density at radius 1 is 1.21 bits per heavy atom. The third kappa shape index (κ3) is 3.86. The lowest BCUT2D eigenvalue weighted by molar-refractivity contribution is -0.120. The molecule has 3 rings (SSSR count). The Bertz CT molecular complexity index is 1050. The van der Waals surface area contributed by atoms with Crippen LogP contribution in [0.2, 0.25) is 0 Å². The number of aryl methyl sites for hydroxylation is 3. The Balaban J connectivity index is 1.78. The van der Waals surface area contributed by atoms with Crippen molar-refractivity contribution < 1.29 is 4.79 Å². The molecule has 2 heterocycles. The molecule has 1 amide bonds. The van der Waals surface area contributed by atoms with Gasteiger partial charge in [-0.1, -0.05) is 44.2 Å². The molecule has 0 aliphatic rings. The number of carbonyl (C=O) groups excluding carboxylic acids is 1. The van der Waals surface area contributed by atoms with E-state index in [-0.39, 0.29) is 23.8 Å². The molecule has 1 atom stereocenters. The lowest BCUT2D eigenvalue weighted by Crippen LogP contribution is -2.32. The number of benzene rings is 1. The SMILES string of the molecule is Cc1nc2c(c(C)c1CC(=O)NCC(c1ccccc1)C(C)C)c(=O)[nH]n2C. The van der Waals surface area contributed by atoms with Gasteiger partial charge in [-0.15, -0.1) is 0 Å². The van der Waals surface area contributed by atoms with E-state index in [0.29, 0.717) is 23.5 Å². The van der Waals surface area contributed by atoms with E-state index in [2.05, 4.69) is 41.4 Å². The van der Waals surface area contributed by atoms with Crippen LogP contribution in [0.1, 0.15) is 42.1 Å². The van der Waals surface area contributed by atoms with Crippen molar-refractivity contribution in [2.75, 3.05) is 6.54 Å². The van der Waals surface area contributed by atoms with Crippen LogP contribution < -0.4 is 10.9 Å². The largest absolute Gasteiger partial charge is 0.355 e. The van der Waals surface area contributed by atoms with Crippen LogP contribution in [0.15, 0.2) is 35.1 Å².